The Hall–Kier alpha value is -2.44. The third-order valence-corrected chi connectivity index (χ3v) is 2.30. The molecule has 1 saturated heterocycles. The molecule has 0 bridgehead atoms. The van der Waals surface area contributed by atoms with E-state index >= 15 is 0 Å². The maximum Gasteiger partial charge on any atom is 0.329 e. The number of pyridine rings is 1. The second-order valence-corrected chi connectivity index (χ2v) is 3.48. The number of rotatable bonds is 3. The van der Waals surface area contributed by atoms with Gasteiger partial charge in [-0.15, -0.1) is 0 Å². The van der Waals surface area contributed by atoms with E-state index in [1.165, 1.54) is 12.4 Å². The minimum atomic E-state index is -1.14. The zero-order valence-electron chi connectivity index (χ0n) is 8.66. The lowest BCUT2D eigenvalue weighted by Crippen LogP contribution is -2.32. The molecular formula is C10H9N3O4. The first-order chi connectivity index (χ1) is 8.09. The number of carboxylic acids is 1. The van der Waals surface area contributed by atoms with Crippen molar-refractivity contribution in [1.82, 2.24) is 10.3 Å². The highest BCUT2D eigenvalue weighted by atomic mass is 16.4. The summed E-state index contributed by atoms with van der Waals surface area (Å²) in [5, 5.41) is 10.9. The first kappa shape index (κ1) is 11.1. The van der Waals surface area contributed by atoms with Crippen LogP contribution in [0.25, 0.3) is 0 Å². The standard InChI is InChI=1S/C10H9N3O4/c14-8(15)4-7-9(16)13(10(17)12-7)6-2-1-3-11-5-6/h1-3,5,7H,4H2,(H,12,17)(H,14,15)/t7-/m0/s1. The molecular weight excluding hydrogens is 226 g/mol. The molecule has 88 valence electrons. The summed E-state index contributed by atoms with van der Waals surface area (Å²) in [4.78, 5) is 38.6. The predicted octanol–water partition coefficient (Wildman–Crippen LogP) is -0.0189. The molecule has 1 atom stereocenters. The Morgan fingerprint density at radius 2 is 2.29 bits per heavy atom. The van der Waals surface area contributed by atoms with Crippen molar-refractivity contribution in [3.63, 3.8) is 0 Å². The fourth-order valence-electron chi connectivity index (χ4n) is 1.57. The fourth-order valence-corrected chi connectivity index (χ4v) is 1.57. The molecule has 2 N–H and O–H groups in total. The van der Waals surface area contributed by atoms with Crippen LogP contribution >= 0.6 is 0 Å². The second-order valence-electron chi connectivity index (χ2n) is 3.48. The first-order valence-corrected chi connectivity index (χ1v) is 4.86. The van der Waals surface area contributed by atoms with Crippen LogP contribution in [0.4, 0.5) is 10.5 Å². The van der Waals surface area contributed by atoms with Gasteiger partial charge in [0.25, 0.3) is 5.91 Å². The van der Waals surface area contributed by atoms with Crippen LogP contribution in [0, 0.1) is 0 Å². The molecule has 1 aromatic rings. The van der Waals surface area contributed by atoms with E-state index in [0.29, 0.717) is 5.69 Å². The third kappa shape index (κ3) is 2.07. The van der Waals surface area contributed by atoms with Gasteiger partial charge in [0.1, 0.15) is 6.04 Å². The van der Waals surface area contributed by atoms with Crippen molar-refractivity contribution in [1.29, 1.82) is 0 Å². The molecule has 0 spiro atoms. The molecule has 0 unspecified atom stereocenters. The van der Waals surface area contributed by atoms with Crippen molar-refractivity contribution in [2.24, 2.45) is 0 Å². The van der Waals surface area contributed by atoms with Gasteiger partial charge in [-0.3, -0.25) is 14.6 Å². The van der Waals surface area contributed by atoms with E-state index in [1.54, 1.807) is 12.1 Å². The summed E-state index contributed by atoms with van der Waals surface area (Å²) >= 11 is 0. The number of aromatic nitrogens is 1. The number of carbonyl (C=O) groups is 3. The van der Waals surface area contributed by atoms with Crippen LogP contribution in [-0.4, -0.2) is 34.0 Å². The van der Waals surface area contributed by atoms with Gasteiger partial charge in [0, 0.05) is 6.20 Å². The summed E-state index contributed by atoms with van der Waals surface area (Å²) in [5.74, 6) is -1.72. The second kappa shape index (κ2) is 4.20. The largest absolute Gasteiger partial charge is 0.481 e. The van der Waals surface area contributed by atoms with Crippen LogP contribution in [-0.2, 0) is 9.59 Å². The van der Waals surface area contributed by atoms with Crippen molar-refractivity contribution in [3.8, 4) is 0 Å². The van der Waals surface area contributed by atoms with Gasteiger partial charge in [-0.05, 0) is 12.1 Å². The Bertz CT molecular complexity index is 474. The van der Waals surface area contributed by atoms with Gasteiger partial charge in [-0.25, -0.2) is 9.69 Å². The quantitative estimate of drug-likeness (QED) is 0.717. The number of carbonyl (C=O) groups excluding carboxylic acids is 2. The molecule has 2 heterocycles. The van der Waals surface area contributed by atoms with E-state index in [-0.39, 0.29) is 0 Å². The van der Waals surface area contributed by atoms with E-state index in [2.05, 4.69) is 10.3 Å². The smallest absolute Gasteiger partial charge is 0.329 e. The molecule has 7 nitrogen and oxygen atoms in total. The minimum Gasteiger partial charge on any atom is -0.481 e. The van der Waals surface area contributed by atoms with Crippen LogP contribution in [0.15, 0.2) is 24.5 Å². The average molecular weight is 235 g/mol. The lowest BCUT2D eigenvalue weighted by Gasteiger charge is -2.11. The first-order valence-electron chi connectivity index (χ1n) is 4.86. The van der Waals surface area contributed by atoms with Gasteiger partial charge >= 0.3 is 12.0 Å². The topological polar surface area (TPSA) is 99.6 Å². The number of nitrogens with zero attached hydrogens (tertiary/aromatic N) is 2. The zero-order chi connectivity index (χ0) is 12.4. The van der Waals surface area contributed by atoms with Crippen molar-refractivity contribution >= 4 is 23.6 Å². The van der Waals surface area contributed by atoms with Crippen LogP contribution in [0.1, 0.15) is 6.42 Å². The number of nitrogens with one attached hydrogen (secondary N) is 1. The Labute approximate surface area is 96.1 Å². The third-order valence-electron chi connectivity index (χ3n) is 2.30. The van der Waals surface area contributed by atoms with E-state index in [1.807, 2.05) is 0 Å². The van der Waals surface area contributed by atoms with Gasteiger partial charge in [-0.1, -0.05) is 0 Å². The molecule has 0 aromatic carbocycles. The van der Waals surface area contributed by atoms with Crippen molar-refractivity contribution in [2.45, 2.75) is 12.5 Å². The molecule has 0 aliphatic carbocycles. The Morgan fingerprint density at radius 3 is 2.88 bits per heavy atom. The van der Waals surface area contributed by atoms with Gasteiger partial charge in [0.15, 0.2) is 0 Å². The molecule has 17 heavy (non-hydrogen) atoms. The number of carboxylic acid groups (broad SMARTS) is 1. The van der Waals surface area contributed by atoms with Crippen LogP contribution < -0.4 is 10.2 Å². The maximum absolute atomic E-state index is 11.8. The summed E-state index contributed by atoms with van der Waals surface area (Å²) in [7, 11) is 0. The van der Waals surface area contributed by atoms with E-state index in [0.717, 1.165) is 4.90 Å². The van der Waals surface area contributed by atoms with Crippen molar-refractivity contribution in [3.05, 3.63) is 24.5 Å². The SMILES string of the molecule is O=C(O)C[C@@H]1NC(=O)N(c2cccnc2)C1=O. The molecule has 0 radical (unpaired) electrons. The summed E-state index contributed by atoms with van der Waals surface area (Å²) in [5.41, 5.74) is 0.322. The molecule has 7 heteroatoms. The number of imide groups is 1. The van der Waals surface area contributed by atoms with Gasteiger partial charge in [0.05, 0.1) is 18.3 Å². The Balaban J connectivity index is 2.23. The number of urea groups is 1. The molecule has 1 aliphatic heterocycles. The molecule has 1 aromatic heterocycles. The predicted molar refractivity (Wildman–Crippen MR) is 56.3 cm³/mol. The minimum absolute atomic E-state index is 0.322. The average Bonchev–Trinajstić information content (AvgIpc) is 2.54. The van der Waals surface area contributed by atoms with Gasteiger partial charge in [0.2, 0.25) is 0 Å². The van der Waals surface area contributed by atoms with Crippen LogP contribution in [0.2, 0.25) is 0 Å². The highest BCUT2D eigenvalue weighted by Crippen LogP contribution is 2.18. The fraction of sp³-hybridized carbons (Fsp3) is 0.200. The molecule has 0 saturated carbocycles. The summed E-state index contributed by atoms with van der Waals surface area (Å²) in [6, 6.07) is 1.49. The lowest BCUT2D eigenvalue weighted by molar-refractivity contribution is -0.139. The Morgan fingerprint density at radius 1 is 1.53 bits per heavy atom. The van der Waals surface area contributed by atoms with Crippen molar-refractivity contribution < 1.29 is 19.5 Å². The summed E-state index contributed by atoms with van der Waals surface area (Å²) < 4.78 is 0. The lowest BCUT2D eigenvalue weighted by atomic mass is 10.2. The number of hydrogen-bond donors (Lipinski definition) is 2. The van der Waals surface area contributed by atoms with E-state index in [9.17, 15) is 14.4 Å². The normalized spacial score (nSPS) is 19.3. The molecule has 1 aliphatic rings. The zero-order valence-corrected chi connectivity index (χ0v) is 8.66. The van der Waals surface area contributed by atoms with Crippen molar-refractivity contribution in [2.75, 3.05) is 4.90 Å². The van der Waals surface area contributed by atoms with E-state index < -0.39 is 30.4 Å². The summed E-state index contributed by atoms with van der Waals surface area (Å²) in [6.45, 7) is 0. The van der Waals surface area contributed by atoms with Gasteiger partial charge in [-0.2, -0.15) is 0 Å². The maximum atomic E-state index is 11.8. The molecule has 1 fully saturated rings. The van der Waals surface area contributed by atoms with Crippen LogP contribution in [0.3, 0.4) is 0 Å². The molecule has 2 rings (SSSR count). The number of hydrogen-bond acceptors (Lipinski definition) is 4. The number of aliphatic carboxylic acids is 1. The molecule has 3 amide bonds. The van der Waals surface area contributed by atoms with E-state index in [4.69, 9.17) is 5.11 Å². The van der Waals surface area contributed by atoms with Gasteiger partial charge < -0.3 is 10.4 Å². The van der Waals surface area contributed by atoms with Crippen LogP contribution in [0.5, 0.6) is 0 Å². The monoisotopic (exact) mass is 235 g/mol. The Kier molecular flexibility index (Phi) is 2.73. The highest BCUT2D eigenvalue weighted by Gasteiger charge is 2.40. The number of anilines is 1. The highest BCUT2D eigenvalue weighted by molar-refractivity contribution is 6.21. The number of amides is 3. The summed E-state index contributed by atoms with van der Waals surface area (Å²) in [6.07, 6.45) is 2.44.